The van der Waals surface area contributed by atoms with Crippen molar-refractivity contribution in [3.05, 3.63) is 48.5 Å². The van der Waals surface area contributed by atoms with Crippen LogP contribution in [0.2, 0.25) is 0 Å². The molecule has 0 saturated carbocycles. The molecule has 5 nitrogen and oxygen atoms in total. The van der Waals surface area contributed by atoms with Crippen molar-refractivity contribution in [1.82, 2.24) is 9.88 Å². The van der Waals surface area contributed by atoms with Crippen LogP contribution in [0.3, 0.4) is 0 Å². The lowest BCUT2D eigenvalue weighted by Gasteiger charge is -2.20. The van der Waals surface area contributed by atoms with E-state index in [9.17, 15) is 4.79 Å². The van der Waals surface area contributed by atoms with Gasteiger partial charge in [-0.2, -0.15) is 11.8 Å². The summed E-state index contributed by atoms with van der Waals surface area (Å²) in [4.78, 5) is 18.7. The average molecular weight is 353 g/mol. The lowest BCUT2D eigenvalue weighted by Crippen LogP contribution is -2.36. The second-order valence-corrected chi connectivity index (χ2v) is 7.17. The van der Waals surface area contributed by atoms with E-state index < -0.39 is 0 Å². The summed E-state index contributed by atoms with van der Waals surface area (Å²) in [6.07, 6.45) is 1.05. The van der Waals surface area contributed by atoms with Gasteiger partial charge < -0.3 is 14.6 Å². The average Bonchev–Trinajstić information content (AvgIpc) is 2.88. The van der Waals surface area contributed by atoms with Crippen molar-refractivity contribution in [3.8, 4) is 11.5 Å². The second kappa shape index (κ2) is 7.19. The molecule has 1 fully saturated rings. The summed E-state index contributed by atoms with van der Waals surface area (Å²) >= 11 is 1.91. The van der Waals surface area contributed by atoms with Crippen LogP contribution < -0.4 is 5.32 Å². The van der Waals surface area contributed by atoms with Gasteiger partial charge in [0, 0.05) is 30.1 Å². The van der Waals surface area contributed by atoms with Crippen LogP contribution in [0.4, 0.5) is 10.5 Å². The molecule has 4 rings (SSSR count). The van der Waals surface area contributed by atoms with Crippen LogP contribution in [-0.2, 0) is 0 Å². The minimum Gasteiger partial charge on any atom is -0.436 e. The number of hydrogen-bond acceptors (Lipinski definition) is 4. The molecular formula is C19H19N3O2S. The van der Waals surface area contributed by atoms with Crippen LogP contribution >= 0.6 is 11.8 Å². The SMILES string of the molecule is O=C(Nc1ccc(-c2nc3ccccc3o2)cc1)N1CCCSCC1. The minimum absolute atomic E-state index is 0.0305. The number of benzene rings is 2. The van der Waals surface area contributed by atoms with Crippen molar-refractivity contribution in [2.75, 3.05) is 29.9 Å². The number of fused-ring (bicyclic) bond motifs is 1. The van der Waals surface area contributed by atoms with Crippen molar-refractivity contribution in [2.24, 2.45) is 0 Å². The predicted octanol–water partition coefficient (Wildman–Crippen LogP) is 4.47. The van der Waals surface area contributed by atoms with E-state index in [0.717, 1.165) is 53.4 Å². The number of carbonyl (C=O) groups excluding carboxylic acids is 1. The number of hydrogen-bond donors (Lipinski definition) is 1. The van der Waals surface area contributed by atoms with E-state index in [-0.39, 0.29) is 6.03 Å². The number of carbonyl (C=O) groups is 1. The lowest BCUT2D eigenvalue weighted by molar-refractivity contribution is 0.216. The zero-order chi connectivity index (χ0) is 17.1. The van der Waals surface area contributed by atoms with Gasteiger partial charge in [-0.3, -0.25) is 0 Å². The number of amides is 2. The number of nitrogens with one attached hydrogen (secondary N) is 1. The third-order valence-corrected chi connectivity index (χ3v) is 5.24. The molecule has 25 heavy (non-hydrogen) atoms. The molecule has 2 aromatic carbocycles. The number of thioether (sulfide) groups is 1. The van der Waals surface area contributed by atoms with E-state index in [1.54, 1.807) is 0 Å². The molecule has 1 aliphatic heterocycles. The van der Waals surface area contributed by atoms with Crippen LogP contribution in [0.25, 0.3) is 22.6 Å². The molecule has 128 valence electrons. The van der Waals surface area contributed by atoms with Gasteiger partial charge in [-0.05, 0) is 48.6 Å². The molecule has 0 radical (unpaired) electrons. The standard InChI is InChI=1S/C19H19N3O2S/c23-19(22-10-3-12-25-13-11-22)20-15-8-6-14(7-9-15)18-21-16-4-1-2-5-17(16)24-18/h1-2,4-9H,3,10-13H2,(H,20,23). The van der Waals surface area contributed by atoms with Gasteiger partial charge in [0.05, 0.1) is 0 Å². The maximum Gasteiger partial charge on any atom is 0.321 e. The summed E-state index contributed by atoms with van der Waals surface area (Å²) in [7, 11) is 0. The Hall–Kier alpha value is -2.47. The van der Waals surface area contributed by atoms with Crippen molar-refractivity contribution < 1.29 is 9.21 Å². The quantitative estimate of drug-likeness (QED) is 0.739. The van der Waals surface area contributed by atoms with Gasteiger partial charge in [-0.15, -0.1) is 0 Å². The summed E-state index contributed by atoms with van der Waals surface area (Å²) in [5, 5.41) is 2.97. The summed E-state index contributed by atoms with van der Waals surface area (Å²) < 4.78 is 5.78. The molecule has 0 spiro atoms. The number of nitrogens with zero attached hydrogens (tertiary/aromatic N) is 2. The first-order valence-electron chi connectivity index (χ1n) is 8.39. The van der Waals surface area contributed by atoms with Gasteiger partial charge in [0.1, 0.15) is 5.52 Å². The lowest BCUT2D eigenvalue weighted by atomic mass is 10.2. The third kappa shape index (κ3) is 3.64. The minimum atomic E-state index is -0.0305. The van der Waals surface area contributed by atoms with Gasteiger partial charge in [0.25, 0.3) is 0 Å². The molecule has 0 aliphatic carbocycles. The zero-order valence-corrected chi connectivity index (χ0v) is 14.6. The molecule has 0 unspecified atom stereocenters. The highest BCUT2D eigenvalue weighted by Gasteiger charge is 2.15. The van der Waals surface area contributed by atoms with Crippen molar-refractivity contribution >= 4 is 34.6 Å². The van der Waals surface area contributed by atoms with Crippen molar-refractivity contribution in [3.63, 3.8) is 0 Å². The maximum absolute atomic E-state index is 12.4. The van der Waals surface area contributed by atoms with Gasteiger partial charge in [-0.25, -0.2) is 9.78 Å². The molecule has 0 bridgehead atoms. The topological polar surface area (TPSA) is 58.4 Å². The van der Waals surface area contributed by atoms with Gasteiger partial charge >= 0.3 is 6.03 Å². The first-order chi connectivity index (χ1) is 12.3. The first kappa shape index (κ1) is 16.0. The van der Waals surface area contributed by atoms with Crippen molar-refractivity contribution in [2.45, 2.75) is 6.42 Å². The van der Waals surface area contributed by atoms with Crippen molar-refractivity contribution in [1.29, 1.82) is 0 Å². The fraction of sp³-hybridized carbons (Fsp3) is 0.263. The molecule has 2 heterocycles. The van der Waals surface area contributed by atoms with Crippen LogP contribution in [0.15, 0.2) is 52.9 Å². The van der Waals surface area contributed by atoms with E-state index in [1.165, 1.54) is 0 Å². The molecule has 1 aliphatic rings. The summed E-state index contributed by atoms with van der Waals surface area (Å²) in [5.41, 5.74) is 3.28. The Bertz CT molecular complexity index is 835. The highest BCUT2D eigenvalue weighted by Crippen LogP contribution is 2.25. The second-order valence-electron chi connectivity index (χ2n) is 5.95. The van der Waals surface area contributed by atoms with E-state index >= 15 is 0 Å². The predicted molar refractivity (Wildman–Crippen MR) is 102 cm³/mol. The molecular weight excluding hydrogens is 334 g/mol. The fourth-order valence-corrected chi connectivity index (χ4v) is 3.73. The number of oxazole rings is 1. The largest absolute Gasteiger partial charge is 0.436 e. The Labute approximate surface area is 150 Å². The molecule has 1 aromatic heterocycles. The van der Waals surface area contributed by atoms with Crippen LogP contribution in [0.1, 0.15) is 6.42 Å². The first-order valence-corrected chi connectivity index (χ1v) is 9.55. The Morgan fingerprint density at radius 3 is 2.76 bits per heavy atom. The molecule has 0 atom stereocenters. The Morgan fingerprint density at radius 1 is 1.08 bits per heavy atom. The maximum atomic E-state index is 12.4. The van der Waals surface area contributed by atoms with Gasteiger partial charge in [0.2, 0.25) is 5.89 Å². The monoisotopic (exact) mass is 353 g/mol. The Kier molecular flexibility index (Phi) is 4.61. The molecule has 1 N–H and O–H groups in total. The normalized spacial score (nSPS) is 15.1. The van der Waals surface area contributed by atoms with Gasteiger partial charge in [-0.1, -0.05) is 12.1 Å². The molecule has 2 amide bonds. The number of aromatic nitrogens is 1. The van der Waals surface area contributed by atoms with Crippen LogP contribution in [0.5, 0.6) is 0 Å². The van der Waals surface area contributed by atoms with Crippen LogP contribution in [0, 0.1) is 0 Å². The smallest absolute Gasteiger partial charge is 0.321 e. The number of para-hydroxylation sites is 2. The number of anilines is 1. The van der Waals surface area contributed by atoms with Gasteiger partial charge in [0.15, 0.2) is 5.58 Å². The molecule has 6 heteroatoms. The summed E-state index contributed by atoms with van der Waals surface area (Å²) in [6.45, 7) is 1.62. The third-order valence-electron chi connectivity index (χ3n) is 4.19. The highest BCUT2D eigenvalue weighted by molar-refractivity contribution is 7.99. The number of urea groups is 1. The number of rotatable bonds is 2. The summed E-state index contributed by atoms with van der Waals surface area (Å²) in [5.74, 6) is 2.72. The van der Waals surface area contributed by atoms with E-state index in [4.69, 9.17) is 4.42 Å². The molecule has 1 saturated heterocycles. The van der Waals surface area contributed by atoms with E-state index in [0.29, 0.717) is 5.89 Å². The fourth-order valence-electron chi connectivity index (χ4n) is 2.84. The zero-order valence-electron chi connectivity index (χ0n) is 13.8. The molecule has 3 aromatic rings. The Balaban J connectivity index is 1.47. The Morgan fingerprint density at radius 2 is 1.92 bits per heavy atom. The summed E-state index contributed by atoms with van der Waals surface area (Å²) in [6, 6.07) is 15.3. The van der Waals surface area contributed by atoms with Crippen LogP contribution in [-0.4, -0.2) is 40.5 Å². The van der Waals surface area contributed by atoms with E-state index in [1.807, 2.05) is 65.2 Å². The highest BCUT2D eigenvalue weighted by atomic mass is 32.2. The van der Waals surface area contributed by atoms with E-state index in [2.05, 4.69) is 10.3 Å².